The SMILES string of the molecule is NC(c1ccc(Br)s1)C1CCNCC1. The average molecular weight is 275 g/mol. The molecule has 1 aliphatic heterocycles. The van der Waals surface area contributed by atoms with Crippen LogP contribution in [0.2, 0.25) is 0 Å². The summed E-state index contributed by atoms with van der Waals surface area (Å²) in [5.41, 5.74) is 6.24. The maximum absolute atomic E-state index is 6.24. The Morgan fingerprint density at radius 2 is 2.14 bits per heavy atom. The molecule has 0 amide bonds. The van der Waals surface area contributed by atoms with Crippen molar-refractivity contribution in [2.45, 2.75) is 18.9 Å². The standard InChI is InChI=1S/C10H15BrN2S/c11-9-2-1-8(14-9)10(12)7-3-5-13-6-4-7/h1-2,7,10,13H,3-6,12H2. The van der Waals surface area contributed by atoms with Crippen LogP contribution in [0.4, 0.5) is 0 Å². The number of thiophene rings is 1. The third-order valence-corrected chi connectivity index (χ3v) is 4.54. The van der Waals surface area contributed by atoms with Gasteiger partial charge in [-0.05, 0) is 59.9 Å². The van der Waals surface area contributed by atoms with Crippen molar-refractivity contribution in [1.82, 2.24) is 5.32 Å². The number of rotatable bonds is 2. The summed E-state index contributed by atoms with van der Waals surface area (Å²) in [5.74, 6) is 0.654. The van der Waals surface area contributed by atoms with Gasteiger partial charge in [0, 0.05) is 10.9 Å². The molecule has 2 heterocycles. The normalized spacial score (nSPS) is 21.0. The third-order valence-electron chi connectivity index (χ3n) is 2.81. The van der Waals surface area contributed by atoms with Crippen molar-refractivity contribution in [3.63, 3.8) is 0 Å². The molecule has 1 fully saturated rings. The number of nitrogens with one attached hydrogen (secondary N) is 1. The van der Waals surface area contributed by atoms with Crippen LogP contribution in [0.15, 0.2) is 15.9 Å². The lowest BCUT2D eigenvalue weighted by atomic mass is 9.90. The smallest absolute Gasteiger partial charge is 0.0701 e. The lowest BCUT2D eigenvalue weighted by Crippen LogP contribution is -2.33. The highest BCUT2D eigenvalue weighted by molar-refractivity contribution is 9.11. The van der Waals surface area contributed by atoms with E-state index in [1.54, 1.807) is 11.3 Å². The molecule has 0 saturated carbocycles. The summed E-state index contributed by atoms with van der Waals surface area (Å²) in [6, 6.07) is 4.45. The van der Waals surface area contributed by atoms with Crippen LogP contribution in [0.1, 0.15) is 23.8 Å². The number of nitrogens with two attached hydrogens (primary N) is 1. The predicted molar refractivity (Wildman–Crippen MR) is 64.5 cm³/mol. The average Bonchev–Trinajstić information content (AvgIpc) is 2.65. The fourth-order valence-corrected chi connectivity index (χ4v) is 3.46. The first kappa shape index (κ1) is 10.6. The largest absolute Gasteiger partial charge is 0.323 e. The quantitative estimate of drug-likeness (QED) is 0.870. The Hall–Kier alpha value is 0.1000. The van der Waals surface area contributed by atoms with E-state index in [9.17, 15) is 0 Å². The number of hydrogen-bond donors (Lipinski definition) is 2. The van der Waals surface area contributed by atoms with Gasteiger partial charge in [0.1, 0.15) is 0 Å². The van der Waals surface area contributed by atoms with Crippen LogP contribution in [0.25, 0.3) is 0 Å². The zero-order chi connectivity index (χ0) is 9.97. The van der Waals surface area contributed by atoms with Gasteiger partial charge in [-0.25, -0.2) is 0 Å². The Morgan fingerprint density at radius 1 is 1.43 bits per heavy atom. The van der Waals surface area contributed by atoms with Crippen LogP contribution >= 0.6 is 27.3 Å². The summed E-state index contributed by atoms with van der Waals surface area (Å²) < 4.78 is 1.18. The predicted octanol–water partition coefficient (Wildman–Crippen LogP) is 2.51. The van der Waals surface area contributed by atoms with Crippen molar-refractivity contribution in [3.8, 4) is 0 Å². The molecular formula is C10H15BrN2S. The molecule has 0 spiro atoms. The van der Waals surface area contributed by atoms with E-state index in [-0.39, 0.29) is 6.04 Å². The molecule has 1 aromatic rings. The summed E-state index contributed by atoms with van der Waals surface area (Å²) in [5, 5.41) is 3.36. The number of halogens is 1. The zero-order valence-electron chi connectivity index (χ0n) is 8.00. The van der Waals surface area contributed by atoms with Gasteiger partial charge in [0.15, 0.2) is 0 Å². The van der Waals surface area contributed by atoms with Crippen LogP contribution in [-0.4, -0.2) is 13.1 Å². The van der Waals surface area contributed by atoms with Gasteiger partial charge in [-0.2, -0.15) is 0 Å². The highest BCUT2D eigenvalue weighted by Gasteiger charge is 2.22. The molecule has 0 bridgehead atoms. The van der Waals surface area contributed by atoms with E-state index in [4.69, 9.17) is 5.73 Å². The molecule has 0 radical (unpaired) electrons. The number of piperidine rings is 1. The molecule has 1 aromatic heterocycles. The van der Waals surface area contributed by atoms with E-state index < -0.39 is 0 Å². The minimum absolute atomic E-state index is 0.230. The van der Waals surface area contributed by atoms with Crippen molar-refractivity contribution < 1.29 is 0 Å². The first-order valence-corrected chi connectivity index (χ1v) is 6.60. The van der Waals surface area contributed by atoms with E-state index in [2.05, 4.69) is 33.4 Å². The molecule has 1 saturated heterocycles. The maximum Gasteiger partial charge on any atom is 0.0701 e. The lowest BCUT2D eigenvalue weighted by molar-refractivity contribution is 0.325. The van der Waals surface area contributed by atoms with Crippen molar-refractivity contribution in [2.75, 3.05) is 13.1 Å². The Morgan fingerprint density at radius 3 is 2.71 bits per heavy atom. The van der Waals surface area contributed by atoms with Crippen LogP contribution in [0, 0.1) is 5.92 Å². The minimum atomic E-state index is 0.230. The van der Waals surface area contributed by atoms with Crippen LogP contribution in [0.5, 0.6) is 0 Å². The third kappa shape index (κ3) is 2.37. The molecule has 14 heavy (non-hydrogen) atoms. The van der Waals surface area contributed by atoms with Gasteiger partial charge in [-0.1, -0.05) is 0 Å². The second-order valence-electron chi connectivity index (χ2n) is 3.76. The zero-order valence-corrected chi connectivity index (χ0v) is 10.4. The van der Waals surface area contributed by atoms with Gasteiger partial charge in [0.25, 0.3) is 0 Å². The van der Waals surface area contributed by atoms with Crippen LogP contribution in [0.3, 0.4) is 0 Å². The molecule has 78 valence electrons. The fraction of sp³-hybridized carbons (Fsp3) is 0.600. The summed E-state index contributed by atoms with van der Waals surface area (Å²) in [6.45, 7) is 2.23. The van der Waals surface area contributed by atoms with Crippen molar-refractivity contribution in [1.29, 1.82) is 0 Å². The van der Waals surface area contributed by atoms with E-state index >= 15 is 0 Å². The van der Waals surface area contributed by atoms with Gasteiger partial charge in [-0.15, -0.1) is 11.3 Å². The van der Waals surface area contributed by atoms with Crippen LogP contribution < -0.4 is 11.1 Å². The van der Waals surface area contributed by atoms with Crippen molar-refractivity contribution in [3.05, 3.63) is 20.8 Å². The Balaban J connectivity index is 2.03. The number of hydrogen-bond acceptors (Lipinski definition) is 3. The fourth-order valence-electron chi connectivity index (χ4n) is 1.94. The molecule has 0 aliphatic carbocycles. The molecule has 2 rings (SSSR count). The molecule has 1 atom stereocenters. The van der Waals surface area contributed by atoms with Crippen molar-refractivity contribution in [2.24, 2.45) is 11.7 Å². The Labute approximate surface area is 97.0 Å². The summed E-state index contributed by atoms with van der Waals surface area (Å²) in [4.78, 5) is 1.31. The maximum atomic E-state index is 6.24. The molecule has 0 aromatic carbocycles. The molecule has 1 aliphatic rings. The second kappa shape index (κ2) is 4.75. The lowest BCUT2D eigenvalue weighted by Gasteiger charge is -2.27. The Kier molecular flexibility index (Phi) is 3.60. The van der Waals surface area contributed by atoms with E-state index in [0.717, 1.165) is 13.1 Å². The second-order valence-corrected chi connectivity index (χ2v) is 6.25. The molecule has 4 heteroatoms. The van der Waals surface area contributed by atoms with E-state index in [1.807, 2.05) is 0 Å². The molecule has 3 N–H and O–H groups in total. The van der Waals surface area contributed by atoms with Gasteiger partial charge in [0.05, 0.1) is 3.79 Å². The highest BCUT2D eigenvalue weighted by atomic mass is 79.9. The minimum Gasteiger partial charge on any atom is -0.323 e. The summed E-state index contributed by atoms with van der Waals surface area (Å²) in [6.07, 6.45) is 2.41. The van der Waals surface area contributed by atoms with Gasteiger partial charge in [0.2, 0.25) is 0 Å². The van der Waals surface area contributed by atoms with Crippen molar-refractivity contribution >= 4 is 27.3 Å². The van der Waals surface area contributed by atoms with Gasteiger partial charge in [-0.3, -0.25) is 0 Å². The monoisotopic (exact) mass is 274 g/mol. The molecule has 1 unspecified atom stereocenters. The van der Waals surface area contributed by atoms with Gasteiger partial charge >= 0.3 is 0 Å². The Bertz CT molecular complexity index is 294. The summed E-state index contributed by atoms with van der Waals surface area (Å²) in [7, 11) is 0. The molecular weight excluding hydrogens is 260 g/mol. The van der Waals surface area contributed by atoms with E-state index in [0.29, 0.717) is 5.92 Å². The van der Waals surface area contributed by atoms with Gasteiger partial charge < -0.3 is 11.1 Å². The molecule has 2 nitrogen and oxygen atoms in total. The van der Waals surface area contributed by atoms with Crippen LogP contribution in [-0.2, 0) is 0 Å². The topological polar surface area (TPSA) is 38.0 Å². The first-order chi connectivity index (χ1) is 6.77. The highest BCUT2D eigenvalue weighted by Crippen LogP contribution is 2.33. The van der Waals surface area contributed by atoms with E-state index in [1.165, 1.54) is 21.5 Å². The summed E-state index contributed by atoms with van der Waals surface area (Å²) >= 11 is 5.24. The first-order valence-electron chi connectivity index (χ1n) is 4.99.